The molecule has 0 bridgehead atoms. The SMILES string of the molecule is Cc1cc(S)cnc1OC(C)C. The molecule has 0 aliphatic heterocycles. The van der Waals surface area contributed by atoms with Gasteiger partial charge in [-0.05, 0) is 26.8 Å². The lowest BCUT2D eigenvalue weighted by Gasteiger charge is -2.10. The fourth-order valence-corrected chi connectivity index (χ4v) is 1.15. The molecule has 0 unspecified atom stereocenters. The minimum atomic E-state index is 0.168. The largest absolute Gasteiger partial charge is 0.475 e. The van der Waals surface area contributed by atoms with E-state index in [1.165, 1.54) is 0 Å². The van der Waals surface area contributed by atoms with Crippen molar-refractivity contribution in [1.82, 2.24) is 4.98 Å². The zero-order chi connectivity index (χ0) is 9.14. The van der Waals surface area contributed by atoms with Crippen LogP contribution in [0, 0.1) is 6.92 Å². The summed E-state index contributed by atoms with van der Waals surface area (Å²) in [6.07, 6.45) is 1.86. The maximum Gasteiger partial charge on any atom is 0.216 e. The monoisotopic (exact) mass is 183 g/mol. The third kappa shape index (κ3) is 2.41. The third-order valence-corrected chi connectivity index (χ3v) is 1.61. The lowest BCUT2D eigenvalue weighted by Crippen LogP contribution is -2.07. The normalized spacial score (nSPS) is 10.4. The highest BCUT2D eigenvalue weighted by Crippen LogP contribution is 2.17. The molecule has 0 fully saturated rings. The number of aromatic nitrogens is 1. The van der Waals surface area contributed by atoms with E-state index >= 15 is 0 Å². The molecular formula is C9H13NOS. The molecule has 12 heavy (non-hydrogen) atoms. The summed E-state index contributed by atoms with van der Waals surface area (Å²) >= 11 is 4.17. The molecule has 2 nitrogen and oxygen atoms in total. The number of nitrogens with zero attached hydrogens (tertiary/aromatic N) is 1. The van der Waals surface area contributed by atoms with Crippen LogP contribution in [0.3, 0.4) is 0 Å². The Kier molecular flexibility index (Phi) is 2.98. The summed E-state index contributed by atoms with van der Waals surface area (Å²) in [5, 5.41) is 0. The Morgan fingerprint density at radius 1 is 1.50 bits per heavy atom. The fourth-order valence-electron chi connectivity index (χ4n) is 0.894. The highest BCUT2D eigenvalue weighted by molar-refractivity contribution is 7.80. The van der Waals surface area contributed by atoms with Crippen LogP contribution >= 0.6 is 12.6 Å². The van der Waals surface area contributed by atoms with Crippen LogP contribution in [0.15, 0.2) is 17.2 Å². The standard InChI is InChI=1S/C9H13NOS/c1-6(2)11-9-7(3)4-8(12)5-10-9/h4-6,12H,1-3H3. The minimum absolute atomic E-state index is 0.168. The molecule has 1 aromatic rings. The number of rotatable bonds is 2. The number of hydrogen-bond donors (Lipinski definition) is 1. The van der Waals surface area contributed by atoms with E-state index < -0.39 is 0 Å². The first-order chi connectivity index (χ1) is 5.59. The van der Waals surface area contributed by atoms with Gasteiger partial charge in [-0.3, -0.25) is 0 Å². The molecule has 3 heteroatoms. The van der Waals surface area contributed by atoms with Gasteiger partial charge in [0.15, 0.2) is 0 Å². The second-order valence-electron chi connectivity index (χ2n) is 2.98. The maximum absolute atomic E-state index is 5.45. The van der Waals surface area contributed by atoms with Crippen LogP contribution in [0.4, 0.5) is 0 Å². The number of thiol groups is 1. The maximum atomic E-state index is 5.45. The molecule has 66 valence electrons. The van der Waals surface area contributed by atoms with E-state index in [2.05, 4.69) is 17.6 Å². The van der Waals surface area contributed by atoms with E-state index in [4.69, 9.17) is 4.74 Å². The van der Waals surface area contributed by atoms with Gasteiger partial charge >= 0.3 is 0 Å². The first-order valence-corrected chi connectivity index (χ1v) is 4.36. The van der Waals surface area contributed by atoms with Crippen molar-refractivity contribution in [2.24, 2.45) is 0 Å². The van der Waals surface area contributed by atoms with Crippen molar-refractivity contribution in [2.75, 3.05) is 0 Å². The zero-order valence-corrected chi connectivity index (χ0v) is 8.43. The summed E-state index contributed by atoms with van der Waals surface area (Å²) in [5.74, 6) is 0.697. The van der Waals surface area contributed by atoms with Gasteiger partial charge in [0.1, 0.15) is 0 Å². The van der Waals surface area contributed by atoms with E-state index in [1.807, 2.05) is 26.8 Å². The number of pyridine rings is 1. The van der Waals surface area contributed by atoms with Crippen LogP contribution in [-0.2, 0) is 0 Å². The van der Waals surface area contributed by atoms with Crippen molar-refractivity contribution in [2.45, 2.75) is 31.8 Å². The quantitative estimate of drug-likeness (QED) is 0.711. The lowest BCUT2D eigenvalue weighted by molar-refractivity contribution is 0.230. The molecule has 1 rings (SSSR count). The lowest BCUT2D eigenvalue weighted by atomic mass is 10.3. The van der Waals surface area contributed by atoms with Crippen LogP contribution in [0.25, 0.3) is 0 Å². The van der Waals surface area contributed by atoms with Crippen molar-refractivity contribution >= 4 is 12.6 Å². The summed E-state index contributed by atoms with van der Waals surface area (Å²) in [5.41, 5.74) is 1.02. The van der Waals surface area contributed by atoms with E-state index in [0.717, 1.165) is 10.5 Å². The van der Waals surface area contributed by atoms with E-state index in [1.54, 1.807) is 6.20 Å². The van der Waals surface area contributed by atoms with E-state index in [0.29, 0.717) is 5.88 Å². The van der Waals surface area contributed by atoms with Crippen molar-refractivity contribution < 1.29 is 4.74 Å². The molecular weight excluding hydrogens is 170 g/mol. The summed E-state index contributed by atoms with van der Waals surface area (Å²) < 4.78 is 5.45. The molecule has 0 saturated heterocycles. The average molecular weight is 183 g/mol. The smallest absolute Gasteiger partial charge is 0.216 e. The van der Waals surface area contributed by atoms with Gasteiger partial charge in [0.05, 0.1) is 6.10 Å². The van der Waals surface area contributed by atoms with Gasteiger partial charge in [-0.1, -0.05) is 0 Å². The number of ether oxygens (including phenoxy) is 1. The topological polar surface area (TPSA) is 22.1 Å². The van der Waals surface area contributed by atoms with Gasteiger partial charge in [0.25, 0.3) is 0 Å². The first-order valence-electron chi connectivity index (χ1n) is 3.92. The van der Waals surface area contributed by atoms with Crippen molar-refractivity contribution in [1.29, 1.82) is 0 Å². The first kappa shape index (κ1) is 9.39. The molecule has 0 atom stereocenters. The Morgan fingerprint density at radius 3 is 2.67 bits per heavy atom. The summed E-state index contributed by atoms with van der Waals surface area (Å²) in [7, 11) is 0. The minimum Gasteiger partial charge on any atom is -0.475 e. The average Bonchev–Trinajstić information content (AvgIpc) is 1.94. The predicted octanol–water partition coefficient (Wildman–Crippen LogP) is 2.47. The van der Waals surface area contributed by atoms with Crippen molar-refractivity contribution in [3.8, 4) is 5.88 Å². The Bertz CT molecular complexity index is 273. The van der Waals surface area contributed by atoms with Gasteiger partial charge in [-0.2, -0.15) is 0 Å². The molecule has 0 N–H and O–H groups in total. The van der Waals surface area contributed by atoms with Gasteiger partial charge in [-0.15, -0.1) is 12.6 Å². The highest BCUT2D eigenvalue weighted by atomic mass is 32.1. The molecule has 0 spiro atoms. The molecule has 0 saturated carbocycles. The van der Waals surface area contributed by atoms with Crippen LogP contribution in [0.5, 0.6) is 5.88 Å². The second-order valence-corrected chi connectivity index (χ2v) is 3.50. The second kappa shape index (κ2) is 3.81. The van der Waals surface area contributed by atoms with E-state index in [-0.39, 0.29) is 6.10 Å². The number of aryl methyl sites for hydroxylation is 1. The molecule has 0 aliphatic rings. The van der Waals surface area contributed by atoms with Gasteiger partial charge in [0.2, 0.25) is 5.88 Å². The molecule has 0 amide bonds. The van der Waals surface area contributed by atoms with Crippen LogP contribution in [0.2, 0.25) is 0 Å². The Hall–Kier alpha value is -0.700. The molecule has 0 aromatic carbocycles. The Balaban J connectivity index is 2.86. The Morgan fingerprint density at radius 2 is 2.17 bits per heavy atom. The molecule has 0 radical (unpaired) electrons. The molecule has 0 aliphatic carbocycles. The summed E-state index contributed by atoms with van der Waals surface area (Å²) in [6, 6.07) is 1.94. The molecule has 1 aromatic heterocycles. The van der Waals surface area contributed by atoms with Crippen molar-refractivity contribution in [3.05, 3.63) is 17.8 Å². The van der Waals surface area contributed by atoms with Gasteiger partial charge < -0.3 is 4.74 Å². The van der Waals surface area contributed by atoms with Crippen LogP contribution < -0.4 is 4.74 Å². The third-order valence-electron chi connectivity index (χ3n) is 1.36. The van der Waals surface area contributed by atoms with Gasteiger partial charge in [-0.25, -0.2) is 4.98 Å². The number of hydrogen-bond acceptors (Lipinski definition) is 3. The molecule has 1 heterocycles. The van der Waals surface area contributed by atoms with Crippen LogP contribution in [0.1, 0.15) is 19.4 Å². The Labute approximate surface area is 78.4 Å². The summed E-state index contributed by atoms with van der Waals surface area (Å²) in [4.78, 5) is 4.98. The predicted molar refractivity (Wildman–Crippen MR) is 52.0 cm³/mol. The highest BCUT2D eigenvalue weighted by Gasteiger charge is 2.02. The van der Waals surface area contributed by atoms with Gasteiger partial charge in [0, 0.05) is 16.7 Å². The summed E-state index contributed by atoms with van der Waals surface area (Å²) in [6.45, 7) is 5.93. The zero-order valence-electron chi connectivity index (χ0n) is 7.53. The van der Waals surface area contributed by atoms with Crippen molar-refractivity contribution in [3.63, 3.8) is 0 Å². The fraction of sp³-hybridized carbons (Fsp3) is 0.444. The van der Waals surface area contributed by atoms with E-state index in [9.17, 15) is 0 Å². The van der Waals surface area contributed by atoms with Crippen LogP contribution in [-0.4, -0.2) is 11.1 Å².